The van der Waals surface area contributed by atoms with Gasteiger partial charge in [-0.05, 0) is 109 Å². The van der Waals surface area contributed by atoms with Crippen LogP contribution in [0.2, 0.25) is 0 Å². The average molecular weight is 974 g/mol. The highest BCUT2D eigenvalue weighted by molar-refractivity contribution is 5.70. The summed E-state index contributed by atoms with van der Waals surface area (Å²) in [6.45, 7) is 7.64. The van der Waals surface area contributed by atoms with E-state index in [4.69, 9.17) is 14.2 Å². The molecule has 1 atom stereocenters. The van der Waals surface area contributed by atoms with Gasteiger partial charge in [-0.2, -0.15) is 0 Å². The normalized spacial score (nSPS) is 12.9. The van der Waals surface area contributed by atoms with Gasteiger partial charge in [-0.1, -0.05) is 253 Å². The minimum absolute atomic E-state index is 0.0383. The maximum Gasteiger partial charge on any atom is 0.306 e. The molecule has 5 heteroatoms. The van der Waals surface area contributed by atoms with Gasteiger partial charge in [0, 0.05) is 19.4 Å². The summed E-state index contributed by atoms with van der Waals surface area (Å²) in [5.74, 6) is -0.500. The van der Waals surface area contributed by atoms with Crippen molar-refractivity contribution in [2.24, 2.45) is 0 Å². The second kappa shape index (κ2) is 60.1. The van der Waals surface area contributed by atoms with Crippen molar-refractivity contribution in [3.8, 4) is 0 Å². The third-order valence-corrected chi connectivity index (χ3v) is 12.6. The predicted octanol–water partition coefficient (Wildman–Crippen LogP) is 20.6. The zero-order chi connectivity index (χ0) is 50.6. The molecule has 0 saturated carbocycles. The van der Waals surface area contributed by atoms with Crippen molar-refractivity contribution in [1.82, 2.24) is 0 Å². The summed E-state index contributed by atoms with van der Waals surface area (Å²) >= 11 is 0. The van der Waals surface area contributed by atoms with E-state index in [0.29, 0.717) is 25.9 Å². The number of hydrogen-bond donors (Lipinski definition) is 0. The van der Waals surface area contributed by atoms with Crippen molar-refractivity contribution < 1.29 is 23.8 Å². The fraction of sp³-hybridized carbons (Fsp3) is 0.723. The molecule has 0 spiro atoms. The van der Waals surface area contributed by atoms with Gasteiger partial charge in [0.15, 0.2) is 6.10 Å². The van der Waals surface area contributed by atoms with Gasteiger partial charge in [0.1, 0.15) is 6.61 Å². The molecule has 0 radical (unpaired) electrons. The highest BCUT2D eigenvalue weighted by Gasteiger charge is 2.17. The molecule has 0 aromatic rings. The Morgan fingerprint density at radius 1 is 0.329 bits per heavy atom. The van der Waals surface area contributed by atoms with E-state index in [2.05, 4.69) is 112 Å². The Labute approximate surface area is 434 Å². The number of unbranched alkanes of at least 4 members (excludes halogenated alkanes) is 27. The smallest absolute Gasteiger partial charge is 0.306 e. The van der Waals surface area contributed by atoms with Crippen LogP contribution in [0.4, 0.5) is 0 Å². The van der Waals surface area contributed by atoms with Crippen molar-refractivity contribution in [2.45, 2.75) is 284 Å². The topological polar surface area (TPSA) is 61.8 Å². The molecule has 0 heterocycles. The number of esters is 2. The summed E-state index contributed by atoms with van der Waals surface area (Å²) in [5, 5.41) is 0. The van der Waals surface area contributed by atoms with Crippen molar-refractivity contribution in [2.75, 3.05) is 19.8 Å². The molecule has 402 valence electrons. The van der Waals surface area contributed by atoms with Gasteiger partial charge >= 0.3 is 11.9 Å². The van der Waals surface area contributed by atoms with E-state index in [0.717, 1.165) is 77.0 Å². The first-order valence-electron chi connectivity index (χ1n) is 29.8. The molecule has 0 rings (SSSR count). The molecule has 0 saturated heterocycles. The summed E-state index contributed by atoms with van der Waals surface area (Å²) in [6.07, 6.45) is 81.6. The van der Waals surface area contributed by atoms with E-state index in [-0.39, 0.29) is 25.2 Å². The van der Waals surface area contributed by atoms with Crippen molar-refractivity contribution in [3.05, 3.63) is 97.2 Å². The van der Waals surface area contributed by atoms with E-state index in [1.54, 1.807) is 0 Å². The van der Waals surface area contributed by atoms with Gasteiger partial charge in [-0.25, -0.2) is 0 Å². The van der Waals surface area contributed by atoms with Crippen LogP contribution in [0.1, 0.15) is 278 Å². The maximum atomic E-state index is 12.9. The summed E-state index contributed by atoms with van der Waals surface area (Å²) in [4.78, 5) is 25.5. The van der Waals surface area contributed by atoms with Crippen LogP contribution in [0.5, 0.6) is 0 Å². The Bertz CT molecular complexity index is 1330. The Morgan fingerprint density at radius 2 is 0.671 bits per heavy atom. The highest BCUT2D eigenvalue weighted by Crippen LogP contribution is 2.14. The van der Waals surface area contributed by atoms with Crippen molar-refractivity contribution in [1.29, 1.82) is 0 Å². The van der Waals surface area contributed by atoms with Gasteiger partial charge < -0.3 is 14.2 Å². The first-order valence-corrected chi connectivity index (χ1v) is 29.8. The van der Waals surface area contributed by atoms with Crippen LogP contribution in [0.25, 0.3) is 0 Å². The number of rotatable bonds is 54. The third-order valence-electron chi connectivity index (χ3n) is 12.6. The molecule has 0 aliphatic rings. The van der Waals surface area contributed by atoms with Gasteiger partial charge in [0.2, 0.25) is 0 Å². The molecule has 0 N–H and O–H groups in total. The van der Waals surface area contributed by atoms with E-state index in [1.807, 2.05) is 6.08 Å². The number of ether oxygens (including phenoxy) is 3. The lowest BCUT2D eigenvalue weighted by molar-refractivity contribution is -0.162. The van der Waals surface area contributed by atoms with E-state index < -0.39 is 6.10 Å². The summed E-state index contributed by atoms with van der Waals surface area (Å²) in [7, 11) is 0. The van der Waals surface area contributed by atoms with E-state index >= 15 is 0 Å². The minimum atomic E-state index is -0.577. The Morgan fingerprint density at radius 3 is 1.09 bits per heavy atom. The van der Waals surface area contributed by atoms with Crippen LogP contribution in [0.3, 0.4) is 0 Å². The molecular weight excluding hydrogens is 861 g/mol. The number of carbonyl (C=O) groups excluding carboxylic acids is 2. The third kappa shape index (κ3) is 57.4. The fourth-order valence-corrected chi connectivity index (χ4v) is 8.17. The molecule has 0 aliphatic heterocycles. The van der Waals surface area contributed by atoms with E-state index in [1.165, 1.54) is 161 Å². The van der Waals surface area contributed by atoms with Crippen LogP contribution in [0, 0.1) is 0 Å². The minimum Gasteiger partial charge on any atom is -0.462 e. The Hall–Kier alpha value is -3.18. The summed E-state index contributed by atoms with van der Waals surface area (Å²) in [5.41, 5.74) is 0. The van der Waals surface area contributed by atoms with Crippen molar-refractivity contribution in [3.63, 3.8) is 0 Å². The van der Waals surface area contributed by atoms with Crippen LogP contribution in [-0.2, 0) is 23.8 Å². The van der Waals surface area contributed by atoms with Crippen LogP contribution >= 0.6 is 0 Å². The number of hydrogen-bond acceptors (Lipinski definition) is 5. The van der Waals surface area contributed by atoms with Crippen LogP contribution in [0.15, 0.2) is 97.2 Å². The first-order chi connectivity index (χ1) is 34.6. The second-order valence-electron chi connectivity index (χ2n) is 19.5. The number of carbonyl (C=O) groups is 2. The fourth-order valence-electron chi connectivity index (χ4n) is 8.17. The average Bonchev–Trinajstić information content (AvgIpc) is 3.36. The molecule has 0 fully saturated rings. The largest absolute Gasteiger partial charge is 0.462 e. The molecule has 0 aromatic heterocycles. The Kier molecular flexibility index (Phi) is 57.4. The Balaban J connectivity index is 4.38. The van der Waals surface area contributed by atoms with Gasteiger partial charge in [-0.3, -0.25) is 9.59 Å². The molecule has 0 aliphatic carbocycles. The lowest BCUT2D eigenvalue weighted by Crippen LogP contribution is -2.30. The summed E-state index contributed by atoms with van der Waals surface area (Å²) < 4.78 is 17.4. The maximum absolute atomic E-state index is 12.9. The second-order valence-corrected chi connectivity index (χ2v) is 19.5. The SMILES string of the molecule is CC/C=C\C/C=C\C/C=C\C/C=C\C/C=C\C/C=C\CCC(=O)OCC(COCCCCCCCCCCCC/C=C\CCCCCCCC)OC(=O)CCCCCCC/C=C\CCCCCCCC. The zero-order valence-corrected chi connectivity index (χ0v) is 46.3. The lowest BCUT2D eigenvalue weighted by Gasteiger charge is -2.18. The summed E-state index contributed by atoms with van der Waals surface area (Å²) in [6, 6.07) is 0. The van der Waals surface area contributed by atoms with Crippen molar-refractivity contribution >= 4 is 11.9 Å². The first kappa shape index (κ1) is 66.8. The highest BCUT2D eigenvalue weighted by atomic mass is 16.6. The van der Waals surface area contributed by atoms with Gasteiger partial charge in [-0.15, -0.1) is 0 Å². The van der Waals surface area contributed by atoms with Gasteiger partial charge in [0.25, 0.3) is 0 Å². The molecule has 5 nitrogen and oxygen atoms in total. The monoisotopic (exact) mass is 973 g/mol. The molecular formula is C65H112O5. The van der Waals surface area contributed by atoms with Gasteiger partial charge in [0.05, 0.1) is 6.61 Å². The molecule has 0 amide bonds. The standard InChI is InChI=1S/C65H112O5/c1-4-7-10-13-16-19-22-25-28-30-32-34-36-39-42-45-48-51-54-57-60-68-61-63(70-65(67)59-56-53-50-47-44-41-37-27-24-21-18-15-12-9-6-3)62-69-64(66)58-55-52-49-46-43-40-38-35-33-31-29-26-23-20-17-14-11-8-5-2/h8,11,17,20,25-29,33,35,37,40,43,49,52,63H,4-7,9-10,12-16,18-19,21-24,30-32,34,36,38-39,41-42,44-48,50-51,53-62H2,1-3H3/b11-8-,20-17-,28-25-,29-26-,35-33-,37-27-,43-40-,52-49-. The molecule has 1 unspecified atom stereocenters. The van der Waals surface area contributed by atoms with Crippen LogP contribution < -0.4 is 0 Å². The molecule has 0 aromatic carbocycles. The molecule has 0 bridgehead atoms. The number of allylic oxidation sites excluding steroid dienone is 16. The zero-order valence-electron chi connectivity index (χ0n) is 46.3. The molecule has 70 heavy (non-hydrogen) atoms. The quantitative estimate of drug-likeness (QED) is 0.0345. The van der Waals surface area contributed by atoms with E-state index in [9.17, 15) is 9.59 Å². The van der Waals surface area contributed by atoms with Crippen LogP contribution in [-0.4, -0.2) is 37.9 Å². The lowest BCUT2D eigenvalue weighted by atomic mass is 10.1. The predicted molar refractivity (Wildman–Crippen MR) is 306 cm³/mol.